The van der Waals surface area contributed by atoms with Gasteiger partial charge in [-0.25, -0.2) is 0 Å². The zero-order valence-corrected chi connectivity index (χ0v) is 8.28. The molecule has 0 aliphatic rings. The van der Waals surface area contributed by atoms with Crippen LogP contribution in [0.15, 0.2) is 30.3 Å². The van der Waals surface area contributed by atoms with E-state index >= 15 is 0 Å². The molecular weight excluding hydrogens is 184 g/mol. The van der Waals surface area contributed by atoms with Crippen molar-refractivity contribution >= 4 is 10.8 Å². The van der Waals surface area contributed by atoms with E-state index in [-0.39, 0.29) is 0 Å². The molecule has 0 radical (unpaired) electrons. The van der Waals surface area contributed by atoms with E-state index in [9.17, 15) is 0 Å². The molecule has 0 heterocycles. The number of aryl methyl sites for hydroxylation is 1. The lowest BCUT2D eigenvalue weighted by Gasteiger charge is -2.03. The van der Waals surface area contributed by atoms with Crippen LogP contribution >= 0.6 is 0 Å². The highest BCUT2D eigenvalue weighted by Crippen LogP contribution is 2.22. The molecule has 2 rings (SSSR count). The first-order valence-corrected chi connectivity index (χ1v) is 4.60. The Hall–Kier alpha value is -2.32. The van der Waals surface area contributed by atoms with E-state index in [1.807, 2.05) is 25.1 Å². The summed E-state index contributed by atoms with van der Waals surface area (Å²) in [6, 6.07) is 13.4. The summed E-state index contributed by atoms with van der Waals surface area (Å²) in [7, 11) is 0. The van der Waals surface area contributed by atoms with Crippen molar-refractivity contribution in [1.82, 2.24) is 0 Å². The van der Waals surface area contributed by atoms with E-state index in [1.165, 1.54) is 0 Å². The van der Waals surface area contributed by atoms with Gasteiger partial charge >= 0.3 is 0 Å². The number of fused-ring (bicyclic) bond motifs is 1. The molecule has 0 amide bonds. The summed E-state index contributed by atoms with van der Waals surface area (Å²) < 4.78 is 0. The minimum absolute atomic E-state index is 0.645. The highest BCUT2D eigenvalue weighted by Gasteiger charge is 2.03. The van der Waals surface area contributed by atoms with Gasteiger partial charge < -0.3 is 0 Å². The van der Waals surface area contributed by atoms with Crippen LogP contribution in [0.1, 0.15) is 16.7 Å². The number of hydrogen-bond acceptors (Lipinski definition) is 2. The minimum Gasteiger partial charge on any atom is -0.192 e. The number of hydrogen-bond donors (Lipinski definition) is 0. The molecule has 0 bridgehead atoms. The van der Waals surface area contributed by atoms with Crippen LogP contribution in [0.25, 0.3) is 10.8 Å². The fourth-order valence-electron chi connectivity index (χ4n) is 1.68. The number of benzene rings is 2. The normalized spacial score (nSPS) is 9.53. The lowest BCUT2D eigenvalue weighted by molar-refractivity contribution is 1.42. The average molecular weight is 192 g/mol. The van der Waals surface area contributed by atoms with Crippen molar-refractivity contribution in [3.05, 3.63) is 47.0 Å². The Balaban J connectivity index is 2.82. The molecule has 0 saturated carbocycles. The lowest BCUT2D eigenvalue weighted by Crippen LogP contribution is -1.85. The molecule has 0 saturated heterocycles. The summed E-state index contributed by atoms with van der Waals surface area (Å²) in [6.45, 7) is 1.92. The Bertz CT molecular complexity index is 613. The van der Waals surface area contributed by atoms with Crippen LogP contribution in [-0.4, -0.2) is 0 Å². The summed E-state index contributed by atoms with van der Waals surface area (Å²) in [4.78, 5) is 0. The summed E-state index contributed by atoms with van der Waals surface area (Å²) in [6.07, 6.45) is 0. The first-order chi connectivity index (χ1) is 7.26. The first-order valence-electron chi connectivity index (χ1n) is 4.60. The second kappa shape index (κ2) is 3.44. The van der Waals surface area contributed by atoms with Gasteiger partial charge in [0.05, 0.1) is 23.3 Å². The lowest BCUT2D eigenvalue weighted by atomic mass is 9.99. The third-order valence-corrected chi connectivity index (χ3v) is 2.54. The van der Waals surface area contributed by atoms with Crippen molar-refractivity contribution in [1.29, 1.82) is 10.5 Å². The molecule has 0 aromatic heterocycles. The summed E-state index contributed by atoms with van der Waals surface area (Å²) in [5.41, 5.74) is 2.30. The molecule has 2 nitrogen and oxygen atoms in total. The molecule has 70 valence electrons. The highest BCUT2D eigenvalue weighted by molar-refractivity contribution is 5.88. The van der Waals surface area contributed by atoms with Crippen LogP contribution < -0.4 is 0 Å². The first kappa shape index (κ1) is 9.24. The summed E-state index contributed by atoms with van der Waals surface area (Å²) in [5.74, 6) is 0. The minimum atomic E-state index is 0.645. The van der Waals surface area contributed by atoms with Gasteiger partial charge in [0.15, 0.2) is 0 Å². The predicted molar refractivity (Wildman–Crippen MR) is 58.1 cm³/mol. The third-order valence-electron chi connectivity index (χ3n) is 2.54. The van der Waals surface area contributed by atoms with Gasteiger partial charge in [0.25, 0.3) is 0 Å². The van der Waals surface area contributed by atoms with E-state index in [4.69, 9.17) is 10.5 Å². The predicted octanol–water partition coefficient (Wildman–Crippen LogP) is 2.89. The fourth-order valence-corrected chi connectivity index (χ4v) is 1.68. The van der Waals surface area contributed by atoms with Crippen molar-refractivity contribution in [3.63, 3.8) is 0 Å². The van der Waals surface area contributed by atoms with E-state index in [0.717, 1.165) is 16.3 Å². The largest absolute Gasteiger partial charge is 0.192 e. The van der Waals surface area contributed by atoms with Crippen LogP contribution in [0, 0.1) is 29.6 Å². The van der Waals surface area contributed by atoms with Crippen molar-refractivity contribution in [2.45, 2.75) is 6.92 Å². The Morgan fingerprint density at radius 1 is 1.00 bits per heavy atom. The van der Waals surface area contributed by atoms with Gasteiger partial charge in [-0.05, 0) is 41.5 Å². The van der Waals surface area contributed by atoms with Crippen LogP contribution in [0.5, 0.6) is 0 Å². The van der Waals surface area contributed by atoms with Gasteiger partial charge in [0.2, 0.25) is 0 Å². The molecule has 0 spiro atoms. The van der Waals surface area contributed by atoms with Crippen molar-refractivity contribution in [2.24, 2.45) is 0 Å². The number of nitriles is 2. The summed E-state index contributed by atoms with van der Waals surface area (Å²) >= 11 is 0. The molecular formula is C13H8N2. The molecule has 0 aliphatic heterocycles. The Kier molecular flexibility index (Phi) is 2.12. The van der Waals surface area contributed by atoms with Crippen molar-refractivity contribution < 1.29 is 0 Å². The van der Waals surface area contributed by atoms with Gasteiger partial charge in [-0.3, -0.25) is 0 Å². The quantitative estimate of drug-likeness (QED) is 0.644. The Morgan fingerprint density at radius 2 is 1.80 bits per heavy atom. The van der Waals surface area contributed by atoms with Crippen LogP contribution in [-0.2, 0) is 0 Å². The van der Waals surface area contributed by atoms with Gasteiger partial charge in [-0.15, -0.1) is 0 Å². The highest BCUT2D eigenvalue weighted by atomic mass is 14.2. The van der Waals surface area contributed by atoms with Gasteiger partial charge in [0.1, 0.15) is 0 Å². The van der Waals surface area contributed by atoms with Crippen LogP contribution in [0.3, 0.4) is 0 Å². The second-order valence-corrected chi connectivity index (χ2v) is 3.40. The molecule has 2 aromatic carbocycles. The van der Waals surface area contributed by atoms with Crippen LogP contribution in [0.4, 0.5) is 0 Å². The molecule has 0 atom stereocenters. The van der Waals surface area contributed by atoms with E-state index < -0.39 is 0 Å². The SMILES string of the molecule is Cc1c(C#N)ccc2cc(C#N)ccc12. The molecule has 0 fully saturated rings. The standard InChI is InChI=1S/C13H8N2/c1-9-12(8-15)4-3-11-6-10(7-14)2-5-13(9)11/h2-6H,1H3. The van der Waals surface area contributed by atoms with Crippen molar-refractivity contribution in [2.75, 3.05) is 0 Å². The Morgan fingerprint density at radius 3 is 2.47 bits per heavy atom. The average Bonchev–Trinajstić information content (AvgIpc) is 2.29. The maximum absolute atomic E-state index is 8.88. The molecule has 2 heteroatoms. The second-order valence-electron chi connectivity index (χ2n) is 3.40. The maximum atomic E-state index is 8.88. The fraction of sp³-hybridized carbons (Fsp3) is 0.0769. The smallest absolute Gasteiger partial charge is 0.0994 e. The topological polar surface area (TPSA) is 47.6 Å². The zero-order chi connectivity index (χ0) is 10.8. The monoisotopic (exact) mass is 192 g/mol. The van der Waals surface area contributed by atoms with Crippen molar-refractivity contribution in [3.8, 4) is 12.1 Å². The zero-order valence-electron chi connectivity index (χ0n) is 8.28. The van der Waals surface area contributed by atoms with Crippen LogP contribution in [0.2, 0.25) is 0 Å². The van der Waals surface area contributed by atoms with E-state index in [1.54, 1.807) is 12.1 Å². The maximum Gasteiger partial charge on any atom is 0.0994 e. The van der Waals surface area contributed by atoms with Gasteiger partial charge in [-0.2, -0.15) is 10.5 Å². The Labute approximate surface area is 88.0 Å². The molecule has 0 unspecified atom stereocenters. The third kappa shape index (κ3) is 1.43. The number of nitrogens with zero attached hydrogens (tertiary/aromatic N) is 2. The van der Waals surface area contributed by atoms with Gasteiger partial charge in [-0.1, -0.05) is 12.1 Å². The summed E-state index contributed by atoms with van der Waals surface area (Å²) in [5, 5.41) is 19.7. The number of rotatable bonds is 0. The van der Waals surface area contributed by atoms with E-state index in [0.29, 0.717) is 11.1 Å². The molecule has 15 heavy (non-hydrogen) atoms. The van der Waals surface area contributed by atoms with E-state index in [2.05, 4.69) is 12.1 Å². The molecule has 0 aliphatic carbocycles. The molecule has 2 aromatic rings. The molecule has 0 N–H and O–H groups in total. The van der Waals surface area contributed by atoms with Gasteiger partial charge in [0, 0.05) is 0 Å².